The van der Waals surface area contributed by atoms with Gasteiger partial charge in [0, 0.05) is 10.9 Å². The molecule has 0 radical (unpaired) electrons. The first-order valence-corrected chi connectivity index (χ1v) is 7.70. The van der Waals surface area contributed by atoms with E-state index < -0.39 is 0 Å². The largest absolute Gasteiger partial charge is 0.271 e. The predicted molar refractivity (Wildman–Crippen MR) is 74.9 cm³/mol. The average molecular weight is 252 g/mol. The standard InChI is InChI=1S/C14H24N2S/c1-2-11-5-3-6-12(9-11)14(16-15)10-13-7-4-8-17-13/h4,7-8,11-12,14,16H,2-3,5-6,9-10,15H2,1H3. The lowest BCUT2D eigenvalue weighted by Gasteiger charge is -2.33. The fourth-order valence-electron chi connectivity index (χ4n) is 3.08. The van der Waals surface area contributed by atoms with Gasteiger partial charge >= 0.3 is 0 Å². The molecule has 96 valence electrons. The van der Waals surface area contributed by atoms with E-state index in [1.165, 1.54) is 37.0 Å². The van der Waals surface area contributed by atoms with Crippen molar-refractivity contribution < 1.29 is 0 Å². The topological polar surface area (TPSA) is 38.0 Å². The van der Waals surface area contributed by atoms with E-state index in [0.717, 1.165) is 18.3 Å². The summed E-state index contributed by atoms with van der Waals surface area (Å²) < 4.78 is 0. The van der Waals surface area contributed by atoms with Gasteiger partial charge in [-0.3, -0.25) is 11.3 Å². The average Bonchev–Trinajstić information content (AvgIpc) is 2.89. The maximum atomic E-state index is 5.76. The molecule has 0 amide bonds. The number of nitrogens with two attached hydrogens (primary N) is 1. The second-order valence-electron chi connectivity index (χ2n) is 5.26. The van der Waals surface area contributed by atoms with E-state index in [0.29, 0.717) is 6.04 Å². The summed E-state index contributed by atoms with van der Waals surface area (Å²) in [6.45, 7) is 2.32. The quantitative estimate of drug-likeness (QED) is 0.623. The lowest BCUT2D eigenvalue weighted by atomic mass is 9.76. The molecule has 1 aromatic heterocycles. The minimum Gasteiger partial charge on any atom is -0.271 e. The van der Waals surface area contributed by atoms with Crippen LogP contribution in [0.25, 0.3) is 0 Å². The Kier molecular flexibility index (Phi) is 5.01. The first-order valence-electron chi connectivity index (χ1n) is 6.82. The highest BCUT2D eigenvalue weighted by Crippen LogP contribution is 2.33. The number of hydrogen-bond acceptors (Lipinski definition) is 3. The molecule has 1 aliphatic carbocycles. The fourth-order valence-corrected chi connectivity index (χ4v) is 3.84. The maximum absolute atomic E-state index is 5.76. The van der Waals surface area contributed by atoms with E-state index in [4.69, 9.17) is 5.84 Å². The monoisotopic (exact) mass is 252 g/mol. The summed E-state index contributed by atoms with van der Waals surface area (Å²) in [5.41, 5.74) is 3.06. The second kappa shape index (κ2) is 6.53. The Balaban J connectivity index is 1.93. The summed E-state index contributed by atoms with van der Waals surface area (Å²) in [6, 6.07) is 4.81. The van der Waals surface area contributed by atoms with Gasteiger partial charge in [0.05, 0.1) is 0 Å². The van der Waals surface area contributed by atoms with Crippen LogP contribution in [0.15, 0.2) is 17.5 Å². The van der Waals surface area contributed by atoms with Crippen LogP contribution < -0.4 is 11.3 Å². The SMILES string of the molecule is CCC1CCCC(C(Cc2cccs2)NN)C1. The Bertz CT molecular complexity index is 310. The van der Waals surface area contributed by atoms with Crippen LogP contribution in [0.3, 0.4) is 0 Å². The Hall–Kier alpha value is -0.380. The van der Waals surface area contributed by atoms with Gasteiger partial charge in [-0.15, -0.1) is 11.3 Å². The molecular formula is C14H24N2S. The molecule has 0 spiro atoms. The van der Waals surface area contributed by atoms with Gasteiger partial charge in [-0.2, -0.15) is 0 Å². The number of hydrazine groups is 1. The minimum atomic E-state index is 0.461. The predicted octanol–water partition coefficient (Wildman–Crippen LogP) is 3.34. The molecule has 3 atom stereocenters. The molecule has 3 unspecified atom stereocenters. The van der Waals surface area contributed by atoms with Crippen molar-refractivity contribution in [1.82, 2.24) is 5.43 Å². The van der Waals surface area contributed by atoms with Crippen molar-refractivity contribution in [3.8, 4) is 0 Å². The second-order valence-corrected chi connectivity index (χ2v) is 6.29. The van der Waals surface area contributed by atoms with Crippen molar-refractivity contribution in [2.75, 3.05) is 0 Å². The van der Waals surface area contributed by atoms with E-state index in [9.17, 15) is 0 Å². The first-order chi connectivity index (χ1) is 8.33. The minimum absolute atomic E-state index is 0.461. The molecule has 0 saturated heterocycles. The third-order valence-corrected chi connectivity index (χ3v) is 5.08. The van der Waals surface area contributed by atoms with E-state index >= 15 is 0 Å². The van der Waals surface area contributed by atoms with Gasteiger partial charge < -0.3 is 0 Å². The summed E-state index contributed by atoms with van der Waals surface area (Å²) in [5.74, 6) is 7.45. The van der Waals surface area contributed by atoms with Gasteiger partial charge in [0.2, 0.25) is 0 Å². The number of hydrogen-bond donors (Lipinski definition) is 2. The summed E-state index contributed by atoms with van der Waals surface area (Å²) in [5, 5.41) is 2.15. The smallest absolute Gasteiger partial charge is 0.0287 e. The third kappa shape index (κ3) is 3.54. The molecule has 2 nitrogen and oxygen atoms in total. The van der Waals surface area contributed by atoms with Crippen LogP contribution in [0.2, 0.25) is 0 Å². The van der Waals surface area contributed by atoms with Crippen LogP contribution in [0, 0.1) is 11.8 Å². The van der Waals surface area contributed by atoms with Crippen molar-refractivity contribution in [2.45, 2.75) is 51.5 Å². The normalized spacial score (nSPS) is 26.9. The zero-order valence-electron chi connectivity index (χ0n) is 10.7. The van der Waals surface area contributed by atoms with Gasteiger partial charge in [-0.1, -0.05) is 32.3 Å². The van der Waals surface area contributed by atoms with Gasteiger partial charge in [0.25, 0.3) is 0 Å². The summed E-state index contributed by atoms with van der Waals surface area (Å²) >= 11 is 1.84. The van der Waals surface area contributed by atoms with Crippen LogP contribution in [-0.4, -0.2) is 6.04 Å². The number of thiophene rings is 1. The molecule has 3 heteroatoms. The van der Waals surface area contributed by atoms with Crippen LogP contribution in [0.5, 0.6) is 0 Å². The molecule has 2 rings (SSSR count). The first kappa shape index (κ1) is 13.1. The molecule has 1 saturated carbocycles. The molecule has 0 aliphatic heterocycles. The molecule has 0 aromatic carbocycles. The molecule has 0 bridgehead atoms. The summed E-state index contributed by atoms with van der Waals surface area (Å²) in [7, 11) is 0. The van der Waals surface area contributed by atoms with Gasteiger partial charge in [-0.25, -0.2) is 0 Å². The Morgan fingerprint density at radius 1 is 1.53 bits per heavy atom. The highest BCUT2D eigenvalue weighted by atomic mass is 32.1. The highest BCUT2D eigenvalue weighted by molar-refractivity contribution is 7.09. The van der Waals surface area contributed by atoms with Crippen molar-refractivity contribution >= 4 is 11.3 Å². The van der Waals surface area contributed by atoms with Gasteiger partial charge in [0.15, 0.2) is 0 Å². The fraction of sp³-hybridized carbons (Fsp3) is 0.714. The lowest BCUT2D eigenvalue weighted by Crippen LogP contribution is -2.43. The highest BCUT2D eigenvalue weighted by Gasteiger charge is 2.27. The van der Waals surface area contributed by atoms with Crippen LogP contribution in [0.4, 0.5) is 0 Å². The number of nitrogens with one attached hydrogen (secondary N) is 1. The maximum Gasteiger partial charge on any atom is 0.0287 e. The Morgan fingerprint density at radius 3 is 3.06 bits per heavy atom. The molecule has 17 heavy (non-hydrogen) atoms. The van der Waals surface area contributed by atoms with Gasteiger partial charge in [0.1, 0.15) is 0 Å². The van der Waals surface area contributed by atoms with E-state index in [1.807, 2.05) is 11.3 Å². The van der Waals surface area contributed by atoms with Crippen molar-refractivity contribution in [3.05, 3.63) is 22.4 Å². The van der Waals surface area contributed by atoms with E-state index in [1.54, 1.807) is 0 Å². The molecule has 1 heterocycles. The lowest BCUT2D eigenvalue weighted by molar-refractivity contribution is 0.208. The van der Waals surface area contributed by atoms with Crippen molar-refractivity contribution in [1.29, 1.82) is 0 Å². The molecule has 1 fully saturated rings. The van der Waals surface area contributed by atoms with Crippen molar-refractivity contribution in [3.63, 3.8) is 0 Å². The molecular weight excluding hydrogens is 228 g/mol. The van der Waals surface area contributed by atoms with Crippen molar-refractivity contribution in [2.24, 2.45) is 17.7 Å². The summed E-state index contributed by atoms with van der Waals surface area (Å²) in [6.07, 6.45) is 7.92. The van der Waals surface area contributed by atoms with Crippen LogP contribution in [-0.2, 0) is 6.42 Å². The third-order valence-electron chi connectivity index (χ3n) is 4.19. The number of rotatable bonds is 5. The van der Waals surface area contributed by atoms with E-state index in [-0.39, 0.29) is 0 Å². The Morgan fingerprint density at radius 2 is 2.41 bits per heavy atom. The van der Waals surface area contributed by atoms with Gasteiger partial charge in [-0.05, 0) is 42.5 Å². The zero-order valence-corrected chi connectivity index (χ0v) is 11.5. The zero-order chi connectivity index (χ0) is 12.1. The van der Waals surface area contributed by atoms with E-state index in [2.05, 4.69) is 29.9 Å². The molecule has 1 aliphatic rings. The van der Waals surface area contributed by atoms with Crippen LogP contribution >= 0.6 is 11.3 Å². The van der Waals surface area contributed by atoms with Crippen LogP contribution in [0.1, 0.15) is 43.9 Å². The Labute approximate surface area is 109 Å². The summed E-state index contributed by atoms with van der Waals surface area (Å²) in [4.78, 5) is 1.45. The molecule has 3 N–H and O–H groups in total. The molecule has 1 aromatic rings.